The minimum absolute atomic E-state index is 0.0394. The van der Waals surface area contributed by atoms with E-state index in [0.29, 0.717) is 5.69 Å². The van der Waals surface area contributed by atoms with Crippen molar-refractivity contribution in [2.24, 2.45) is 0 Å². The van der Waals surface area contributed by atoms with E-state index >= 15 is 0 Å². The molecule has 0 spiro atoms. The van der Waals surface area contributed by atoms with Crippen molar-refractivity contribution in [1.29, 1.82) is 0 Å². The molecule has 2 rings (SSSR count). The van der Waals surface area contributed by atoms with Gasteiger partial charge in [0.15, 0.2) is 0 Å². The molecule has 1 atom stereocenters. The summed E-state index contributed by atoms with van der Waals surface area (Å²) in [5.74, 6) is -0.0394. The zero-order valence-corrected chi connectivity index (χ0v) is 9.05. The molecule has 0 bridgehead atoms. The lowest BCUT2D eigenvalue weighted by molar-refractivity contribution is -0.118. The number of nitrogens with zero attached hydrogens (tertiary/aromatic N) is 1. The van der Waals surface area contributed by atoms with Gasteiger partial charge in [0, 0.05) is 11.8 Å². The van der Waals surface area contributed by atoms with Crippen LogP contribution in [0.4, 0.5) is 0 Å². The topological polar surface area (TPSA) is 50.2 Å². The number of benzene rings is 1. The summed E-state index contributed by atoms with van der Waals surface area (Å²) in [6.45, 7) is 1.46. The van der Waals surface area contributed by atoms with Gasteiger partial charge in [-0.1, -0.05) is 24.3 Å². The summed E-state index contributed by atoms with van der Waals surface area (Å²) in [5.41, 5.74) is 1.39. The number of Topliss-reactive ketones (excluding diaryl/α,β-unsaturated/α-hetero) is 1. The summed E-state index contributed by atoms with van der Waals surface area (Å²) in [4.78, 5) is 15.2. The number of carbonyl (C=O) groups is 1. The molecule has 0 aliphatic rings. The highest BCUT2D eigenvalue weighted by Crippen LogP contribution is 2.18. The van der Waals surface area contributed by atoms with E-state index in [-0.39, 0.29) is 12.2 Å². The Morgan fingerprint density at radius 2 is 2.06 bits per heavy atom. The van der Waals surface area contributed by atoms with E-state index in [9.17, 15) is 9.90 Å². The van der Waals surface area contributed by atoms with Gasteiger partial charge in [-0.05, 0) is 19.1 Å². The summed E-state index contributed by atoms with van der Waals surface area (Å²) in [6.07, 6.45) is -0.687. The smallest absolute Gasteiger partial charge is 0.132 e. The molecule has 2 aromatic rings. The zero-order valence-electron chi connectivity index (χ0n) is 9.05. The normalized spacial score (nSPS) is 12.6. The summed E-state index contributed by atoms with van der Waals surface area (Å²) in [5, 5.41) is 10.8. The molecular formula is C13H13NO2. The molecule has 16 heavy (non-hydrogen) atoms. The molecule has 1 aromatic heterocycles. The van der Waals surface area contributed by atoms with E-state index in [2.05, 4.69) is 4.98 Å². The highest BCUT2D eigenvalue weighted by Gasteiger charge is 2.11. The van der Waals surface area contributed by atoms with E-state index in [1.54, 1.807) is 6.07 Å². The van der Waals surface area contributed by atoms with Gasteiger partial charge in [0.2, 0.25) is 0 Å². The largest absolute Gasteiger partial charge is 0.386 e. The monoisotopic (exact) mass is 215 g/mol. The maximum Gasteiger partial charge on any atom is 0.132 e. The fourth-order valence-corrected chi connectivity index (χ4v) is 1.64. The van der Waals surface area contributed by atoms with Crippen LogP contribution >= 0.6 is 0 Å². The van der Waals surface area contributed by atoms with Crippen LogP contribution in [0.25, 0.3) is 10.9 Å². The molecule has 0 aliphatic carbocycles. The molecule has 1 N–H and O–H groups in total. The Labute approximate surface area is 93.7 Å². The Morgan fingerprint density at radius 3 is 2.81 bits per heavy atom. The zero-order chi connectivity index (χ0) is 11.5. The van der Waals surface area contributed by atoms with Gasteiger partial charge >= 0.3 is 0 Å². The van der Waals surface area contributed by atoms with Crippen LogP contribution in [0.1, 0.15) is 25.1 Å². The summed E-state index contributed by atoms with van der Waals surface area (Å²) < 4.78 is 0. The van der Waals surface area contributed by atoms with Crippen LogP contribution in [0, 0.1) is 0 Å². The van der Waals surface area contributed by atoms with Crippen LogP contribution in [-0.2, 0) is 4.79 Å². The quantitative estimate of drug-likeness (QED) is 0.854. The number of aliphatic hydroxyl groups is 1. The average Bonchev–Trinajstić information content (AvgIpc) is 2.27. The Balaban J connectivity index is 2.35. The number of carbonyl (C=O) groups excluding carboxylic acids is 1. The molecule has 0 saturated heterocycles. The first-order valence-corrected chi connectivity index (χ1v) is 5.20. The number of fused-ring (bicyclic) bond motifs is 1. The molecule has 0 amide bonds. The number of para-hydroxylation sites is 1. The predicted molar refractivity (Wildman–Crippen MR) is 62.0 cm³/mol. The van der Waals surface area contributed by atoms with Gasteiger partial charge in [-0.2, -0.15) is 0 Å². The van der Waals surface area contributed by atoms with Gasteiger partial charge < -0.3 is 5.11 Å². The van der Waals surface area contributed by atoms with Gasteiger partial charge in [-0.3, -0.25) is 9.78 Å². The van der Waals surface area contributed by atoms with E-state index in [4.69, 9.17) is 0 Å². The number of hydrogen-bond donors (Lipinski definition) is 1. The minimum Gasteiger partial charge on any atom is -0.386 e. The van der Waals surface area contributed by atoms with E-state index in [1.165, 1.54) is 6.92 Å². The molecule has 1 unspecified atom stereocenters. The van der Waals surface area contributed by atoms with E-state index in [1.807, 2.05) is 30.3 Å². The second-order valence-electron chi connectivity index (χ2n) is 3.85. The van der Waals surface area contributed by atoms with Crippen LogP contribution in [0.5, 0.6) is 0 Å². The van der Waals surface area contributed by atoms with Crippen LogP contribution in [0.2, 0.25) is 0 Å². The average molecular weight is 215 g/mol. The Morgan fingerprint density at radius 1 is 1.31 bits per heavy atom. The fourth-order valence-electron chi connectivity index (χ4n) is 1.64. The molecule has 0 aliphatic heterocycles. The molecule has 0 saturated carbocycles. The van der Waals surface area contributed by atoms with Crippen molar-refractivity contribution in [2.45, 2.75) is 19.4 Å². The maximum absolute atomic E-state index is 10.9. The third kappa shape index (κ3) is 2.25. The highest BCUT2D eigenvalue weighted by atomic mass is 16.3. The molecule has 82 valence electrons. The maximum atomic E-state index is 10.9. The lowest BCUT2D eigenvalue weighted by Gasteiger charge is -2.08. The Bertz CT molecular complexity index is 522. The standard InChI is InChI=1S/C13H13NO2/c1-9(15)8-13(16)12-7-6-10-4-2-3-5-11(10)14-12/h2-7,13,16H,8H2,1H3. The summed E-state index contributed by atoms with van der Waals surface area (Å²) in [6, 6.07) is 11.4. The van der Waals surface area contributed by atoms with Crippen molar-refractivity contribution in [1.82, 2.24) is 4.98 Å². The first-order valence-electron chi connectivity index (χ1n) is 5.20. The summed E-state index contributed by atoms with van der Waals surface area (Å²) in [7, 11) is 0. The molecule has 1 aromatic carbocycles. The SMILES string of the molecule is CC(=O)CC(O)c1ccc2ccccc2n1. The lowest BCUT2D eigenvalue weighted by atomic mass is 10.1. The Hall–Kier alpha value is -1.74. The first kappa shape index (κ1) is 10.8. The van der Waals surface area contributed by atoms with Gasteiger partial charge in [0.05, 0.1) is 11.2 Å². The predicted octanol–water partition coefficient (Wildman–Crippen LogP) is 2.25. The number of pyridine rings is 1. The van der Waals surface area contributed by atoms with Crippen LogP contribution in [-0.4, -0.2) is 15.9 Å². The van der Waals surface area contributed by atoms with E-state index in [0.717, 1.165) is 10.9 Å². The molecule has 0 radical (unpaired) electrons. The van der Waals surface area contributed by atoms with Crippen LogP contribution in [0.15, 0.2) is 36.4 Å². The van der Waals surface area contributed by atoms with Gasteiger partial charge in [0.25, 0.3) is 0 Å². The van der Waals surface area contributed by atoms with Crippen molar-refractivity contribution in [3.05, 3.63) is 42.1 Å². The van der Waals surface area contributed by atoms with Crippen molar-refractivity contribution in [3.63, 3.8) is 0 Å². The molecule has 0 fully saturated rings. The Kier molecular flexibility index (Phi) is 2.97. The van der Waals surface area contributed by atoms with Crippen molar-refractivity contribution < 1.29 is 9.90 Å². The molecule has 1 heterocycles. The number of hydrogen-bond acceptors (Lipinski definition) is 3. The second-order valence-corrected chi connectivity index (χ2v) is 3.85. The summed E-state index contributed by atoms with van der Waals surface area (Å²) >= 11 is 0. The van der Waals surface area contributed by atoms with Crippen LogP contribution in [0.3, 0.4) is 0 Å². The minimum atomic E-state index is -0.804. The van der Waals surface area contributed by atoms with Crippen molar-refractivity contribution in [2.75, 3.05) is 0 Å². The van der Waals surface area contributed by atoms with Gasteiger partial charge in [0.1, 0.15) is 11.9 Å². The van der Waals surface area contributed by atoms with Gasteiger partial charge in [-0.15, -0.1) is 0 Å². The lowest BCUT2D eigenvalue weighted by Crippen LogP contribution is -2.05. The highest BCUT2D eigenvalue weighted by molar-refractivity contribution is 5.79. The van der Waals surface area contributed by atoms with E-state index < -0.39 is 6.10 Å². The molecule has 3 heteroatoms. The number of aromatic nitrogens is 1. The molecular weight excluding hydrogens is 202 g/mol. The van der Waals surface area contributed by atoms with Gasteiger partial charge in [-0.25, -0.2) is 0 Å². The molecule has 3 nitrogen and oxygen atoms in total. The first-order chi connectivity index (χ1) is 7.66. The van der Waals surface area contributed by atoms with Crippen molar-refractivity contribution in [3.8, 4) is 0 Å². The third-order valence-electron chi connectivity index (χ3n) is 2.44. The fraction of sp³-hybridized carbons (Fsp3) is 0.231. The number of rotatable bonds is 3. The van der Waals surface area contributed by atoms with Crippen molar-refractivity contribution >= 4 is 16.7 Å². The second kappa shape index (κ2) is 4.41. The third-order valence-corrected chi connectivity index (χ3v) is 2.44. The number of aliphatic hydroxyl groups excluding tert-OH is 1. The number of ketones is 1. The van der Waals surface area contributed by atoms with Crippen LogP contribution < -0.4 is 0 Å².